The van der Waals surface area contributed by atoms with E-state index in [1.807, 2.05) is 24.3 Å². The van der Waals surface area contributed by atoms with Gasteiger partial charge >= 0.3 is 0 Å². The Kier molecular flexibility index (Phi) is 2.22. The molecule has 4 aromatic rings. The van der Waals surface area contributed by atoms with E-state index >= 15 is 0 Å². The van der Waals surface area contributed by atoms with Gasteiger partial charge in [0, 0.05) is 12.4 Å². The van der Waals surface area contributed by atoms with Crippen LogP contribution in [0.2, 0.25) is 0 Å². The minimum atomic E-state index is 0.590. The minimum absolute atomic E-state index is 0.590. The van der Waals surface area contributed by atoms with E-state index < -0.39 is 0 Å². The number of thiazole rings is 1. The van der Waals surface area contributed by atoms with Crippen molar-refractivity contribution >= 4 is 32.7 Å². The molecule has 5 nitrogen and oxygen atoms in total. The largest absolute Gasteiger partial charge is 0.249 e. The molecule has 0 aliphatic heterocycles. The van der Waals surface area contributed by atoms with Gasteiger partial charge in [-0.25, -0.2) is 24.9 Å². The van der Waals surface area contributed by atoms with Gasteiger partial charge in [-0.1, -0.05) is 12.1 Å². The maximum atomic E-state index is 4.59. The molecule has 0 fully saturated rings. The summed E-state index contributed by atoms with van der Waals surface area (Å²) in [4.78, 5) is 21.5. The van der Waals surface area contributed by atoms with Gasteiger partial charge in [0.2, 0.25) is 0 Å². The van der Waals surface area contributed by atoms with Crippen LogP contribution in [0, 0.1) is 0 Å². The summed E-state index contributed by atoms with van der Waals surface area (Å²) in [5.41, 5.74) is 2.98. The Hall–Kier alpha value is -2.47. The first-order chi connectivity index (χ1) is 9.42. The van der Waals surface area contributed by atoms with Crippen LogP contribution >= 0.6 is 11.3 Å². The van der Waals surface area contributed by atoms with Crippen molar-refractivity contribution in [2.75, 3.05) is 0 Å². The topological polar surface area (TPSA) is 64.5 Å². The van der Waals surface area contributed by atoms with E-state index in [2.05, 4.69) is 24.9 Å². The summed E-state index contributed by atoms with van der Waals surface area (Å²) in [5, 5.41) is 0.842. The number of rotatable bonds is 1. The second-order valence-corrected chi connectivity index (χ2v) is 4.97. The first-order valence-electron chi connectivity index (χ1n) is 5.69. The van der Waals surface area contributed by atoms with Gasteiger partial charge < -0.3 is 0 Å². The highest BCUT2D eigenvalue weighted by Gasteiger charge is 2.12. The van der Waals surface area contributed by atoms with Crippen LogP contribution in [0.4, 0.5) is 0 Å². The predicted molar refractivity (Wildman–Crippen MR) is 73.7 cm³/mol. The number of nitrogens with zero attached hydrogens (tertiary/aromatic N) is 5. The molecule has 6 heteroatoms. The molecule has 3 heterocycles. The van der Waals surface area contributed by atoms with Gasteiger partial charge in [0.1, 0.15) is 22.5 Å². The minimum Gasteiger partial charge on any atom is -0.249 e. The molecule has 0 radical (unpaired) electrons. The molecular formula is C13H7N5S. The standard InChI is InChI=1S/C13H7N5S/c1-2-4-9-8(3-1)18-13(19-9)11-10-12(17-7-16-11)15-6-5-14-10/h1-7H. The van der Waals surface area contributed by atoms with Crippen LogP contribution < -0.4 is 0 Å². The molecule has 0 aliphatic carbocycles. The van der Waals surface area contributed by atoms with E-state index in [0.29, 0.717) is 11.2 Å². The molecule has 1 aromatic carbocycles. The summed E-state index contributed by atoms with van der Waals surface area (Å²) in [6.07, 6.45) is 4.76. The van der Waals surface area contributed by atoms with E-state index in [-0.39, 0.29) is 0 Å². The maximum Gasteiger partial charge on any atom is 0.182 e. The SMILES string of the molecule is c1ccc2sc(-c3ncnc4nccnc34)nc2c1. The van der Waals surface area contributed by atoms with Crippen molar-refractivity contribution in [3.05, 3.63) is 43.0 Å². The first-order valence-corrected chi connectivity index (χ1v) is 6.51. The van der Waals surface area contributed by atoms with E-state index in [1.165, 1.54) is 6.33 Å². The average molecular weight is 265 g/mol. The number of aromatic nitrogens is 5. The lowest BCUT2D eigenvalue weighted by Gasteiger charge is -1.98. The summed E-state index contributed by atoms with van der Waals surface area (Å²) in [7, 11) is 0. The number of fused-ring (bicyclic) bond motifs is 2. The molecular weight excluding hydrogens is 258 g/mol. The Morgan fingerprint density at radius 1 is 0.895 bits per heavy atom. The van der Waals surface area contributed by atoms with E-state index in [1.54, 1.807) is 23.7 Å². The zero-order valence-electron chi connectivity index (χ0n) is 9.69. The number of hydrogen-bond donors (Lipinski definition) is 0. The summed E-state index contributed by atoms with van der Waals surface area (Å²) in [6, 6.07) is 8.02. The third-order valence-electron chi connectivity index (χ3n) is 2.77. The van der Waals surface area contributed by atoms with Crippen molar-refractivity contribution in [1.29, 1.82) is 0 Å². The number of hydrogen-bond acceptors (Lipinski definition) is 6. The summed E-state index contributed by atoms with van der Waals surface area (Å²) >= 11 is 1.60. The van der Waals surface area contributed by atoms with Crippen molar-refractivity contribution in [3.63, 3.8) is 0 Å². The highest BCUT2D eigenvalue weighted by atomic mass is 32.1. The van der Waals surface area contributed by atoms with Crippen LogP contribution in [-0.2, 0) is 0 Å². The second kappa shape index (κ2) is 4.03. The van der Waals surface area contributed by atoms with Crippen LogP contribution in [-0.4, -0.2) is 24.9 Å². The van der Waals surface area contributed by atoms with Gasteiger partial charge in [-0.2, -0.15) is 0 Å². The second-order valence-electron chi connectivity index (χ2n) is 3.94. The van der Waals surface area contributed by atoms with E-state index in [0.717, 1.165) is 20.9 Å². The number of para-hydroxylation sites is 1. The fourth-order valence-electron chi connectivity index (χ4n) is 1.92. The Bertz CT molecular complexity index is 848. The Labute approximate surface area is 112 Å². The molecule has 0 saturated carbocycles. The predicted octanol–water partition coefficient (Wildman–Crippen LogP) is 2.70. The van der Waals surface area contributed by atoms with Crippen LogP contribution in [0.5, 0.6) is 0 Å². The third-order valence-corrected chi connectivity index (χ3v) is 3.81. The molecule has 0 atom stereocenters. The Morgan fingerprint density at radius 3 is 2.74 bits per heavy atom. The molecule has 0 amide bonds. The van der Waals surface area contributed by atoms with E-state index in [4.69, 9.17) is 0 Å². The van der Waals surface area contributed by atoms with Crippen LogP contribution in [0.15, 0.2) is 43.0 Å². The average Bonchev–Trinajstić information content (AvgIpc) is 2.90. The first kappa shape index (κ1) is 10.5. The molecule has 0 bridgehead atoms. The smallest absolute Gasteiger partial charge is 0.182 e. The van der Waals surface area contributed by atoms with Crippen LogP contribution in [0.1, 0.15) is 0 Å². The van der Waals surface area contributed by atoms with Crippen LogP contribution in [0.3, 0.4) is 0 Å². The van der Waals surface area contributed by atoms with Crippen molar-refractivity contribution in [2.45, 2.75) is 0 Å². The summed E-state index contributed by atoms with van der Waals surface area (Å²) in [6.45, 7) is 0. The molecule has 0 saturated heterocycles. The summed E-state index contributed by atoms with van der Waals surface area (Å²) < 4.78 is 1.13. The molecule has 4 rings (SSSR count). The fraction of sp³-hybridized carbons (Fsp3) is 0. The third kappa shape index (κ3) is 1.65. The monoisotopic (exact) mass is 265 g/mol. The molecule has 0 N–H and O–H groups in total. The van der Waals surface area contributed by atoms with Crippen LogP contribution in [0.25, 0.3) is 32.1 Å². The molecule has 0 spiro atoms. The molecule has 3 aromatic heterocycles. The molecule has 90 valence electrons. The highest BCUT2D eigenvalue weighted by molar-refractivity contribution is 7.21. The quantitative estimate of drug-likeness (QED) is 0.529. The van der Waals surface area contributed by atoms with Gasteiger partial charge in [0.15, 0.2) is 5.65 Å². The zero-order chi connectivity index (χ0) is 12.7. The highest BCUT2D eigenvalue weighted by Crippen LogP contribution is 2.30. The van der Waals surface area contributed by atoms with Gasteiger partial charge in [0.05, 0.1) is 10.2 Å². The van der Waals surface area contributed by atoms with Gasteiger partial charge in [-0.15, -0.1) is 11.3 Å². The van der Waals surface area contributed by atoms with Gasteiger partial charge in [-0.3, -0.25) is 0 Å². The van der Waals surface area contributed by atoms with Gasteiger partial charge in [-0.05, 0) is 12.1 Å². The summed E-state index contributed by atoms with van der Waals surface area (Å²) in [5.74, 6) is 0. The molecule has 0 aliphatic rings. The van der Waals surface area contributed by atoms with Crippen molar-refractivity contribution in [3.8, 4) is 10.7 Å². The Morgan fingerprint density at radius 2 is 1.79 bits per heavy atom. The number of benzene rings is 1. The van der Waals surface area contributed by atoms with Crippen molar-refractivity contribution in [1.82, 2.24) is 24.9 Å². The normalized spacial score (nSPS) is 11.2. The Balaban J connectivity index is 2.03. The lowest BCUT2D eigenvalue weighted by molar-refractivity contribution is 1.15. The maximum absolute atomic E-state index is 4.59. The zero-order valence-corrected chi connectivity index (χ0v) is 10.5. The van der Waals surface area contributed by atoms with Gasteiger partial charge in [0.25, 0.3) is 0 Å². The fourth-order valence-corrected chi connectivity index (χ4v) is 2.89. The molecule has 19 heavy (non-hydrogen) atoms. The van der Waals surface area contributed by atoms with Crippen molar-refractivity contribution in [2.24, 2.45) is 0 Å². The lowest BCUT2D eigenvalue weighted by atomic mass is 10.3. The lowest BCUT2D eigenvalue weighted by Crippen LogP contribution is -1.92. The molecule has 0 unspecified atom stereocenters. The van der Waals surface area contributed by atoms with Crippen molar-refractivity contribution < 1.29 is 0 Å². The van der Waals surface area contributed by atoms with E-state index in [9.17, 15) is 0 Å².